The van der Waals surface area contributed by atoms with E-state index in [1.807, 2.05) is 0 Å². The van der Waals surface area contributed by atoms with Crippen molar-refractivity contribution in [3.63, 3.8) is 0 Å². The standard InChI is InChI=1S/C14H23BO4/c1-13(2)14(3,4)19-15(18-13)11-9-6-8(7-10(9)11)12(16)17-5/h8-11H,6-7H2,1-5H3. The van der Waals surface area contributed by atoms with Gasteiger partial charge in [0.25, 0.3) is 0 Å². The smallest absolute Gasteiger partial charge is 0.461 e. The highest BCUT2D eigenvalue weighted by atomic mass is 16.7. The highest BCUT2D eigenvalue weighted by Crippen LogP contribution is 2.67. The second-order valence-corrected chi connectivity index (χ2v) is 7.22. The highest BCUT2D eigenvalue weighted by molar-refractivity contribution is 6.49. The SMILES string of the molecule is COC(=O)C1CC2C(C1)C2B1OC(C)(C)C(C)(C)O1. The van der Waals surface area contributed by atoms with E-state index in [4.69, 9.17) is 14.0 Å². The van der Waals surface area contributed by atoms with Crippen molar-refractivity contribution in [3.8, 4) is 0 Å². The minimum atomic E-state index is -0.254. The van der Waals surface area contributed by atoms with Crippen molar-refractivity contribution in [2.75, 3.05) is 7.11 Å². The Morgan fingerprint density at radius 3 is 2.00 bits per heavy atom. The van der Waals surface area contributed by atoms with Crippen LogP contribution in [0.1, 0.15) is 40.5 Å². The van der Waals surface area contributed by atoms with Crippen molar-refractivity contribution >= 4 is 13.1 Å². The maximum atomic E-state index is 11.5. The monoisotopic (exact) mass is 266 g/mol. The largest absolute Gasteiger partial charge is 0.469 e. The van der Waals surface area contributed by atoms with Crippen molar-refractivity contribution in [2.45, 2.75) is 57.6 Å². The molecule has 2 aliphatic carbocycles. The van der Waals surface area contributed by atoms with Gasteiger partial charge in [0.2, 0.25) is 0 Å². The number of carbonyl (C=O) groups is 1. The van der Waals surface area contributed by atoms with Crippen LogP contribution in [0.4, 0.5) is 0 Å². The van der Waals surface area contributed by atoms with Crippen molar-refractivity contribution in [3.05, 3.63) is 0 Å². The molecule has 0 radical (unpaired) electrons. The molecule has 0 amide bonds. The summed E-state index contributed by atoms with van der Waals surface area (Å²) in [6.07, 6.45) is 1.87. The first-order valence-electron chi connectivity index (χ1n) is 7.20. The van der Waals surface area contributed by atoms with E-state index in [2.05, 4.69) is 27.7 Å². The van der Waals surface area contributed by atoms with Gasteiger partial charge in [-0.1, -0.05) is 0 Å². The van der Waals surface area contributed by atoms with Gasteiger partial charge in [0.1, 0.15) is 0 Å². The van der Waals surface area contributed by atoms with E-state index in [1.165, 1.54) is 7.11 Å². The molecule has 2 saturated carbocycles. The Morgan fingerprint density at radius 2 is 1.58 bits per heavy atom. The molecule has 19 heavy (non-hydrogen) atoms. The zero-order chi connectivity index (χ0) is 14.0. The minimum absolute atomic E-state index is 0.0557. The maximum absolute atomic E-state index is 11.5. The number of hydrogen-bond acceptors (Lipinski definition) is 4. The Kier molecular flexibility index (Phi) is 2.82. The van der Waals surface area contributed by atoms with Crippen LogP contribution in [0, 0.1) is 17.8 Å². The molecule has 0 aromatic rings. The van der Waals surface area contributed by atoms with Gasteiger partial charge in [0.05, 0.1) is 24.2 Å². The van der Waals surface area contributed by atoms with Gasteiger partial charge in [0.15, 0.2) is 0 Å². The molecule has 1 aliphatic heterocycles. The van der Waals surface area contributed by atoms with E-state index in [9.17, 15) is 4.79 Å². The number of carbonyl (C=O) groups excluding carboxylic acids is 1. The van der Waals surface area contributed by atoms with Crippen LogP contribution >= 0.6 is 0 Å². The Balaban J connectivity index is 1.61. The van der Waals surface area contributed by atoms with Crippen LogP contribution in [-0.2, 0) is 18.8 Å². The summed E-state index contributed by atoms with van der Waals surface area (Å²) in [5.41, 5.74) is -0.507. The van der Waals surface area contributed by atoms with Crippen molar-refractivity contribution in [1.82, 2.24) is 0 Å². The summed E-state index contributed by atoms with van der Waals surface area (Å²) in [6.45, 7) is 8.34. The van der Waals surface area contributed by atoms with Gasteiger partial charge in [-0.05, 0) is 52.4 Å². The van der Waals surface area contributed by atoms with Crippen LogP contribution in [0.25, 0.3) is 0 Å². The Hall–Kier alpha value is -0.545. The minimum Gasteiger partial charge on any atom is -0.469 e. The number of rotatable bonds is 2. The third-order valence-corrected chi connectivity index (χ3v) is 5.63. The summed E-state index contributed by atoms with van der Waals surface area (Å²) in [5.74, 6) is 1.68. The average Bonchev–Trinajstić information content (AvgIpc) is 2.70. The molecule has 0 bridgehead atoms. The molecule has 2 atom stereocenters. The predicted molar refractivity (Wildman–Crippen MR) is 71.6 cm³/mol. The molecule has 106 valence electrons. The van der Waals surface area contributed by atoms with Gasteiger partial charge < -0.3 is 14.0 Å². The van der Waals surface area contributed by atoms with E-state index in [1.54, 1.807) is 0 Å². The fourth-order valence-electron chi connectivity index (χ4n) is 3.70. The molecule has 0 spiro atoms. The quantitative estimate of drug-likeness (QED) is 0.568. The lowest BCUT2D eigenvalue weighted by Gasteiger charge is -2.32. The van der Waals surface area contributed by atoms with E-state index >= 15 is 0 Å². The molecular formula is C14H23BO4. The van der Waals surface area contributed by atoms with E-state index < -0.39 is 0 Å². The summed E-state index contributed by atoms with van der Waals surface area (Å²) in [7, 11) is 1.37. The van der Waals surface area contributed by atoms with Crippen LogP contribution in [0.15, 0.2) is 0 Å². The lowest BCUT2D eigenvalue weighted by molar-refractivity contribution is -0.145. The van der Waals surface area contributed by atoms with E-state index in [0.29, 0.717) is 17.7 Å². The molecule has 5 heteroatoms. The Bertz CT molecular complexity index is 378. The molecule has 4 nitrogen and oxygen atoms in total. The fraction of sp³-hybridized carbons (Fsp3) is 0.929. The van der Waals surface area contributed by atoms with Gasteiger partial charge in [-0.3, -0.25) is 4.79 Å². The first kappa shape index (κ1) is 13.4. The van der Waals surface area contributed by atoms with Gasteiger partial charge in [-0.15, -0.1) is 0 Å². The summed E-state index contributed by atoms with van der Waals surface area (Å²) in [6, 6.07) is 0. The third-order valence-electron chi connectivity index (χ3n) is 5.63. The summed E-state index contributed by atoms with van der Waals surface area (Å²) < 4.78 is 17.0. The summed E-state index contributed by atoms with van der Waals surface area (Å²) in [5, 5.41) is 0. The molecular weight excluding hydrogens is 243 g/mol. The Morgan fingerprint density at radius 1 is 1.11 bits per heavy atom. The molecule has 3 aliphatic rings. The van der Waals surface area contributed by atoms with Gasteiger partial charge in [0, 0.05) is 5.82 Å². The number of esters is 1. The summed E-state index contributed by atoms with van der Waals surface area (Å²) in [4.78, 5) is 11.5. The zero-order valence-electron chi connectivity index (χ0n) is 12.4. The fourth-order valence-corrected chi connectivity index (χ4v) is 3.70. The molecule has 0 aromatic carbocycles. The lowest BCUT2D eigenvalue weighted by atomic mass is 9.76. The average molecular weight is 266 g/mol. The normalized spacial score (nSPS) is 42.1. The van der Waals surface area contributed by atoms with Crippen LogP contribution in [-0.4, -0.2) is 31.4 Å². The topological polar surface area (TPSA) is 44.8 Å². The number of methoxy groups -OCH3 is 1. The molecule has 3 rings (SSSR count). The first-order chi connectivity index (χ1) is 8.77. The predicted octanol–water partition coefficient (Wildman–Crippen LogP) is 2.28. The Labute approximate surface area is 115 Å². The van der Waals surface area contributed by atoms with E-state index in [-0.39, 0.29) is 30.2 Å². The number of ether oxygens (including phenoxy) is 1. The molecule has 1 saturated heterocycles. The first-order valence-corrected chi connectivity index (χ1v) is 7.20. The maximum Gasteiger partial charge on any atom is 0.461 e. The second-order valence-electron chi connectivity index (χ2n) is 7.22. The molecule has 2 unspecified atom stereocenters. The van der Waals surface area contributed by atoms with Crippen LogP contribution in [0.2, 0.25) is 5.82 Å². The van der Waals surface area contributed by atoms with Crippen molar-refractivity contribution < 1.29 is 18.8 Å². The van der Waals surface area contributed by atoms with Crippen molar-refractivity contribution in [2.24, 2.45) is 17.8 Å². The van der Waals surface area contributed by atoms with E-state index in [0.717, 1.165) is 12.8 Å². The van der Waals surface area contributed by atoms with Crippen LogP contribution in [0.3, 0.4) is 0 Å². The van der Waals surface area contributed by atoms with Crippen LogP contribution < -0.4 is 0 Å². The lowest BCUT2D eigenvalue weighted by Crippen LogP contribution is -2.41. The molecule has 0 N–H and O–H groups in total. The zero-order valence-corrected chi connectivity index (χ0v) is 12.4. The highest BCUT2D eigenvalue weighted by Gasteiger charge is 2.67. The van der Waals surface area contributed by atoms with Crippen molar-refractivity contribution in [1.29, 1.82) is 0 Å². The number of hydrogen-bond donors (Lipinski definition) is 0. The molecule has 1 heterocycles. The van der Waals surface area contributed by atoms with Gasteiger partial charge in [-0.2, -0.15) is 0 Å². The molecule has 0 aromatic heterocycles. The molecule has 3 fully saturated rings. The second kappa shape index (κ2) is 3.98. The van der Waals surface area contributed by atoms with Gasteiger partial charge >= 0.3 is 13.1 Å². The van der Waals surface area contributed by atoms with Gasteiger partial charge in [-0.25, -0.2) is 0 Å². The third kappa shape index (κ3) is 1.93. The number of fused-ring (bicyclic) bond motifs is 1. The van der Waals surface area contributed by atoms with Crippen LogP contribution in [0.5, 0.6) is 0 Å². The summed E-state index contributed by atoms with van der Waals surface area (Å²) >= 11 is 0.